The maximum atomic E-state index is 5.32. The third-order valence-corrected chi connectivity index (χ3v) is 2.70. The van der Waals surface area contributed by atoms with Gasteiger partial charge in [-0.3, -0.25) is 0 Å². The van der Waals surface area contributed by atoms with Crippen LogP contribution in [0.2, 0.25) is 0 Å². The van der Waals surface area contributed by atoms with Gasteiger partial charge in [0.2, 0.25) is 12.8 Å². The first-order valence-corrected chi connectivity index (χ1v) is 5.86. The van der Waals surface area contributed by atoms with Crippen LogP contribution in [0.5, 0.6) is 11.5 Å². The zero-order chi connectivity index (χ0) is 12.2. The molecule has 0 bridgehead atoms. The molecule has 1 aromatic rings. The smallest absolute Gasteiger partial charge is 0.231 e. The summed E-state index contributed by atoms with van der Waals surface area (Å²) in [5.41, 5.74) is 3.99. The van der Waals surface area contributed by atoms with E-state index in [0.717, 1.165) is 42.5 Å². The number of nitrogens with one attached hydrogen (secondary N) is 2. The molecule has 6 nitrogen and oxygen atoms in total. The Morgan fingerprint density at radius 3 is 3.11 bits per heavy atom. The van der Waals surface area contributed by atoms with Crippen molar-refractivity contribution in [2.45, 2.75) is 6.42 Å². The summed E-state index contributed by atoms with van der Waals surface area (Å²) in [5, 5.41) is 7.18. The number of nitrogens with zero attached hydrogens (tertiary/aromatic N) is 2. The molecule has 2 heterocycles. The maximum Gasteiger partial charge on any atom is 0.231 e. The molecule has 0 unspecified atom stereocenters. The van der Waals surface area contributed by atoms with E-state index < -0.39 is 0 Å². The van der Waals surface area contributed by atoms with Crippen molar-refractivity contribution in [3.63, 3.8) is 0 Å². The molecule has 0 saturated carbocycles. The molecule has 2 aliphatic rings. The van der Waals surface area contributed by atoms with Crippen LogP contribution in [0.25, 0.3) is 0 Å². The van der Waals surface area contributed by atoms with Crippen molar-refractivity contribution in [2.24, 2.45) is 10.1 Å². The molecule has 19 heavy (non-hydrogen) atoms. The molecular weight excluding hydrogens is 359 g/mol. The minimum absolute atomic E-state index is 0. The second-order valence-electron chi connectivity index (χ2n) is 3.97. The number of halogens is 1. The van der Waals surface area contributed by atoms with Gasteiger partial charge in [-0.1, -0.05) is 6.07 Å². The van der Waals surface area contributed by atoms with E-state index in [1.54, 1.807) is 6.21 Å². The van der Waals surface area contributed by atoms with Gasteiger partial charge in [0.05, 0.1) is 6.54 Å². The van der Waals surface area contributed by atoms with Crippen LogP contribution in [-0.4, -0.2) is 32.1 Å². The van der Waals surface area contributed by atoms with Crippen LogP contribution >= 0.6 is 24.0 Å². The largest absolute Gasteiger partial charge is 0.454 e. The number of aliphatic imine (C=N–C) groups is 1. The molecule has 102 valence electrons. The first-order valence-electron chi connectivity index (χ1n) is 5.86. The van der Waals surface area contributed by atoms with E-state index in [2.05, 4.69) is 20.8 Å². The Morgan fingerprint density at radius 1 is 1.37 bits per heavy atom. The molecule has 3 rings (SSSR count). The first-order chi connectivity index (χ1) is 8.92. The number of hydrazone groups is 1. The molecule has 2 aliphatic heterocycles. The topological polar surface area (TPSA) is 67.2 Å². The van der Waals surface area contributed by atoms with Crippen molar-refractivity contribution in [3.05, 3.63) is 23.8 Å². The predicted octanol–water partition coefficient (Wildman–Crippen LogP) is 1.11. The Balaban J connectivity index is 0.00000133. The van der Waals surface area contributed by atoms with Crippen LogP contribution in [0.3, 0.4) is 0 Å². The summed E-state index contributed by atoms with van der Waals surface area (Å²) in [6.45, 7) is 1.99. The minimum Gasteiger partial charge on any atom is -0.454 e. The van der Waals surface area contributed by atoms with Crippen molar-refractivity contribution in [3.8, 4) is 11.5 Å². The highest BCUT2D eigenvalue weighted by atomic mass is 127. The van der Waals surface area contributed by atoms with Gasteiger partial charge in [0.15, 0.2) is 11.5 Å². The van der Waals surface area contributed by atoms with Gasteiger partial charge in [0.1, 0.15) is 0 Å². The Hall–Kier alpha value is -1.51. The summed E-state index contributed by atoms with van der Waals surface area (Å²) in [6.07, 6.45) is 2.54. The third-order valence-electron chi connectivity index (χ3n) is 2.70. The van der Waals surface area contributed by atoms with Crippen molar-refractivity contribution in [1.29, 1.82) is 0 Å². The van der Waals surface area contributed by atoms with Gasteiger partial charge in [-0.05, 0) is 17.7 Å². The highest BCUT2D eigenvalue weighted by Gasteiger charge is 2.12. The maximum absolute atomic E-state index is 5.32. The zero-order valence-electron chi connectivity index (χ0n) is 10.3. The molecular formula is C12H15IN4O2. The summed E-state index contributed by atoms with van der Waals surface area (Å²) < 4.78 is 10.6. The lowest BCUT2D eigenvalue weighted by molar-refractivity contribution is 0.174. The molecule has 1 aromatic carbocycles. The van der Waals surface area contributed by atoms with Gasteiger partial charge in [-0.15, -0.1) is 24.0 Å². The molecule has 0 spiro atoms. The fraction of sp³-hybridized carbons (Fsp3) is 0.333. The van der Waals surface area contributed by atoms with Gasteiger partial charge < -0.3 is 14.8 Å². The van der Waals surface area contributed by atoms with E-state index in [0.29, 0.717) is 6.79 Å². The van der Waals surface area contributed by atoms with Crippen molar-refractivity contribution < 1.29 is 9.47 Å². The fourth-order valence-electron chi connectivity index (χ4n) is 1.80. The van der Waals surface area contributed by atoms with E-state index in [-0.39, 0.29) is 24.0 Å². The van der Waals surface area contributed by atoms with Crippen LogP contribution < -0.4 is 20.2 Å². The predicted molar refractivity (Wildman–Crippen MR) is 83.6 cm³/mol. The van der Waals surface area contributed by atoms with E-state index in [1.165, 1.54) is 0 Å². The molecule has 0 radical (unpaired) electrons. The van der Waals surface area contributed by atoms with Crippen LogP contribution in [0.4, 0.5) is 0 Å². The zero-order valence-corrected chi connectivity index (χ0v) is 12.6. The number of ether oxygens (including phenoxy) is 2. The van der Waals surface area contributed by atoms with E-state index >= 15 is 0 Å². The molecule has 7 heteroatoms. The monoisotopic (exact) mass is 374 g/mol. The molecule has 0 amide bonds. The molecule has 0 aliphatic carbocycles. The lowest BCUT2D eigenvalue weighted by atomic mass is 10.1. The number of guanidine groups is 1. The molecule has 0 atom stereocenters. The van der Waals surface area contributed by atoms with E-state index in [1.807, 2.05) is 18.2 Å². The number of fused-ring (bicyclic) bond motifs is 1. The van der Waals surface area contributed by atoms with E-state index in [4.69, 9.17) is 9.47 Å². The molecule has 0 fully saturated rings. The van der Waals surface area contributed by atoms with Crippen LogP contribution in [0, 0.1) is 0 Å². The minimum atomic E-state index is 0. The molecule has 0 aromatic heterocycles. The normalized spacial score (nSPS) is 15.9. The lowest BCUT2D eigenvalue weighted by Gasteiger charge is -2.00. The Kier molecular flexibility index (Phi) is 4.83. The summed E-state index contributed by atoms with van der Waals surface area (Å²) in [4.78, 5) is 4.17. The Morgan fingerprint density at radius 2 is 2.26 bits per heavy atom. The number of rotatable bonds is 3. The third kappa shape index (κ3) is 3.49. The van der Waals surface area contributed by atoms with Crippen LogP contribution in [0.1, 0.15) is 5.56 Å². The SMILES string of the molecule is C(Cc1ccc2c(c1)OCO2)=NNC1=NCCN1.I. The Labute approximate surface area is 128 Å². The van der Waals surface area contributed by atoms with Gasteiger partial charge in [0.25, 0.3) is 0 Å². The van der Waals surface area contributed by atoms with Crippen molar-refractivity contribution in [2.75, 3.05) is 19.9 Å². The fourth-order valence-corrected chi connectivity index (χ4v) is 1.80. The molecule has 0 saturated heterocycles. The van der Waals surface area contributed by atoms with Gasteiger partial charge >= 0.3 is 0 Å². The number of hydrogen-bond donors (Lipinski definition) is 2. The first kappa shape index (κ1) is 13.9. The second-order valence-corrected chi connectivity index (χ2v) is 3.97. The average Bonchev–Trinajstić information content (AvgIpc) is 3.05. The standard InChI is InChI=1S/C12H14N4O2.HI/c1-2-10-11(18-8-17-10)7-9(1)3-4-15-16-12-13-5-6-14-12;/h1-2,4,7H,3,5-6,8H2,(H2,13,14,16);1H. The summed E-state index contributed by atoms with van der Waals surface area (Å²) in [5.74, 6) is 2.34. The average molecular weight is 374 g/mol. The highest BCUT2D eigenvalue weighted by Crippen LogP contribution is 2.32. The van der Waals surface area contributed by atoms with Crippen LogP contribution in [-0.2, 0) is 6.42 Å². The van der Waals surface area contributed by atoms with Gasteiger partial charge in [-0.25, -0.2) is 10.4 Å². The lowest BCUT2D eigenvalue weighted by Crippen LogP contribution is -2.30. The quantitative estimate of drug-likeness (QED) is 0.473. The van der Waals surface area contributed by atoms with E-state index in [9.17, 15) is 0 Å². The second kappa shape index (κ2) is 6.60. The van der Waals surface area contributed by atoms with Crippen molar-refractivity contribution in [1.82, 2.24) is 10.7 Å². The Bertz CT molecular complexity index is 505. The van der Waals surface area contributed by atoms with Crippen LogP contribution in [0.15, 0.2) is 28.3 Å². The summed E-state index contributed by atoms with van der Waals surface area (Å²) in [7, 11) is 0. The number of hydrogen-bond acceptors (Lipinski definition) is 6. The summed E-state index contributed by atoms with van der Waals surface area (Å²) in [6, 6.07) is 5.89. The van der Waals surface area contributed by atoms with Gasteiger partial charge in [0, 0.05) is 19.2 Å². The molecule has 2 N–H and O–H groups in total. The highest BCUT2D eigenvalue weighted by molar-refractivity contribution is 14.0. The van der Waals surface area contributed by atoms with Crippen molar-refractivity contribution >= 4 is 36.2 Å². The summed E-state index contributed by atoms with van der Waals surface area (Å²) >= 11 is 0. The number of benzene rings is 1. The van der Waals surface area contributed by atoms with Gasteiger partial charge in [-0.2, -0.15) is 5.10 Å².